The van der Waals surface area contributed by atoms with Crippen molar-refractivity contribution in [2.24, 2.45) is 0 Å². The summed E-state index contributed by atoms with van der Waals surface area (Å²) in [4.78, 5) is 60.6. The van der Waals surface area contributed by atoms with Gasteiger partial charge in [-0.3, -0.25) is 34.7 Å². The molecule has 2 aliphatic rings. The van der Waals surface area contributed by atoms with Gasteiger partial charge in [-0.05, 0) is 53.6 Å². The fourth-order valence-corrected chi connectivity index (χ4v) is 6.73. The number of nitro benzene ring substituents is 2. The Bertz CT molecular complexity index is 1630. The van der Waals surface area contributed by atoms with Crippen LogP contribution in [0.3, 0.4) is 0 Å². The molecule has 0 N–H and O–H groups in total. The molecule has 1 saturated heterocycles. The minimum absolute atomic E-state index is 0.000531. The predicted octanol–water partition coefficient (Wildman–Crippen LogP) is 5.17. The first-order valence-electron chi connectivity index (χ1n) is 12.6. The number of carbonyl (C=O) groups is 3. The van der Waals surface area contributed by atoms with Gasteiger partial charge < -0.3 is 13.9 Å². The zero-order valence-electron chi connectivity index (χ0n) is 22.1. The number of benzene rings is 2. The second-order valence-electron chi connectivity index (χ2n) is 9.08. The third-order valence-corrected chi connectivity index (χ3v) is 8.86. The van der Waals surface area contributed by atoms with Crippen LogP contribution < -0.4 is 0 Å². The van der Waals surface area contributed by atoms with E-state index in [1.54, 1.807) is 18.2 Å². The van der Waals surface area contributed by atoms with Gasteiger partial charge in [0, 0.05) is 30.0 Å². The van der Waals surface area contributed by atoms with E-state index in [-0.39, 0.29) is 48.4 Å². The minimum Gasteiger partial charge on any atom is -0.465 e. The van der Waals surface area contributed by atoms with Crippen molar-refractivity contribution in [3.63, 3.8) is 0 Å². The van der Waals surface area contributed by atoms with Crippen LogP contribution in [0.15, 0.2) is 86.9 Å². The lowest BCUT2D eigenvalue weighted by molar-refractivity contribution is -0.385. The highest BCUT2D eigenvalue weighted by atomic mass is 32.2. The van der Waals surface area contributed by atoms with E-state index in [4.69, 9.17) is 13.9 Å². The molecule has 3 aromatic rings. The zero-order valence-corrected chi connectivity index (χ0v) is 23.7. The Hall–Kier alpha value is -4.89. The van der Waals surface area contributed by atoms with E-state index in [2.05, 4.69) is 0 Å². The molecule has 2 aliphatic heterocycles. The summed E-state index contributed by atoms with van der Waals surface area (Å²) >= 11 is 2.49. The molecule has 1 aromatic heterocycles. The number of β-lactam (4-membered cyclic amide) rings is 1. The maximum atomic E-state index is 13.2. The molecule has 1 unspecified atom stereocenters. The Morgan fingerprint density at radius 3 is 2.12 bits per heavy atom. The van der Waals surface area contributed by atoms with Gasteiger partial charge in [-0.25, -0.2) is 4.79 Å². The van der Waals surface area contributed by atoms with E-state index in [1.165, 1.54) is 83.2 Å². The molecule has 220 valence electrons. The summed E-state index contributed by atoms with van der Waals surface area (Å²) in [6.07, 6.45) is 3.09. The van der Waals surface area contributed by atoms with Crippen LogP contribution in [-0.4, -0.2) is 43.7 Å². The van der Waals surface area contributed by atoms with Crippen LogP contribution in [0.4, 0.5) is 11.4 Å². The van der Waals surface area contributed by atoms with Gasteiger partial charge in [0.25, 0.3) is 17.3 Å². The van der Waals surface area contributed by atoms with Crippen molar-refractivity contribution in [2.45, 2.75) is 25.0 Å². The van der Waals surface area contributed by atoms with E-state index < -0.39 is 27.2 Å². The fourth-order valence-electron chi connectivity index (χ4n) is 4.07. The van der Waals surface area contributed by atoms with Crippen molar-refractivity contribution in [2.75, 3.05) is 5.75 Å². The summed E-state index contributed by atoms with van der Waals surface area (Å²) in [6.45, 7) is -0.218. The number of non-ortho nitro benzene ring substituents is 2. The molecule has 1 amide bonds. The molecule has 1 atom stereocenters. The molecule has 3 heterocycles. The quantitative estimate of drug-likeness (QED) is 0.0852. The molecule has 13 nitrogen and oxygen atoms in total. The molecule has 5 rings (SSSR count). The van der Waals surface area contributed by atoms with Gasteiger partial charge >= 0.3 is 11.9 Å². The predicted molar refractivity (Wildman–Crippen MR) is 155 cm³/mol. The number of hydrogen-bond donors (Lipinski definition) is 0. The van der Waals surface area contributed by atoms with E-state index in [0.29, 0.717) is 26.7 Å². The summed E-state index contributed by atoms with van der Waals surface area (Å²) in [7, 11) is 0. The maximum absolute atomic E-state index is 13.2. The highest BCUT2D eigenvalue weighted by molar-refractivity contribution is 8.22. The van der Waals surface area contributed by atoms with Crippen LogP contribution in [-0.2, 0) is 37.1 Å². The summed E-state index contributed by atoms with van der Waals surface area (Å²) in [5.41, 5.74) is 1.46. The van der Waals surface area contributed by atoms with Gasteiger partial charge in [-0.1, -0.05) is 11.8 Å². The second kappa shape index (κ2) is 13.0. The van der Waals surface area contributed by atoms with Crippen molar-refractivity contribution in [3.05, 3.63) is 120 Å². The van der Waals surface area contributed by atoms with Gasteiger partial charge in [-0.15, -0.1) is 11.8 Å². The Morgan fingerprint density at radius 2 is 1.56 bits per heavy atom. The topological polar surface area (TPSA) is 172 Å². The third-order valence-electron chi connectivity index (χ3n) is 6.26. The molecule has 1 fully saturated rings. The lowest BCUT2D eigenvalue weighted by Crippen LogP contribution is -2.51. The van der Waals surface area contributed by atoms with E-state index in [0.717, 1.165) is 0 Å². The van der Waals surface area contributed by atoms with Crippen molar-refractivity contribution < 1.29 is 38.1 Å². The first-order chi connectivity index (χ1) is 20.7. The molecule has 43 heavy (non-hydrogen) atoms. The number of thioether (sulfide) groups is 2. The minimum atomic E-state index is -0.748. The van der Waals surface area contributed by atoms with Crippen LogP contribution in [0.25, 0.3) is 6.08 Å². The second-order valence-corrected chi connectivity index (χ2v) is 11.5. The molecule has 15 heteroatoms. The molecule has 2 aromatic carbocycles. The lowest BCUT2D eigenvalue weighted by Gasteiger charge is -2.37. The summed E-state index contributed by atoms with van der Waals surface area (Å²) in [5.74, 6) is -0.902. The number of ether oxygens (including phenoxy) is 2. The highest BCUT2D eigenvalue weighted by Crippen LogP contribution is 2.53. The number of amides is 1. The standard InChI is InChI=1S/C28H21N3O10S2/c32-23(40-15-17-3-7-19(8-4-17)30(35)36)11-13-42-28-24(27(34)41-16-18-5-9-20(10-6-18)31(37)38)29-25(33)22(26(29)43-28)14-21-2-1-12-39-21/h1-10,12,14,26H,11,13,15-16H2/b22-14-. The fraction of sp³-hybridized carbons (Fsp3) is 0.179. The SMILES string of the molecule is O=C(CCSC1=C(C(=O)OCc2ccc([N+](=O)[O-])cc2)N2C(=O)/C(=C/c3ccco3)C2S1)OCc1ccc([N+](=O)[O-])cc1. The number of hydrogen-bond acceptors (Lipinski definition) is 12. The average Bonchev–Trinajstić information content (AvgIpc) is 3.64. The molecule has 0 aliphatic carbocycles. The number of esters is 2. The molecule has 0 bridgehead atoms. The Morgan fingerprint density at radius 1 is 0.953 bits per heavy atom. The summed E-state index contributed by atoms with van der Waals surface area (Å²) in [6, 6.07) is 14.6. The van der Waals surface area contributed by atoms with E-state index in [9.17, 15) is 34.6 Å². The van der Waals surface area contributed by atoms with E-state index in [1.807, 2.05) is 0 Å². The zero-order chi connectivity index (χ0) is 30.5. The molecule has 0 spiro atoms. The number of carbonyl (C=O) groups excluding carboxylic acids is 3. The third kappa shape index (κ3) is 6.79. The summed E-state index contributed by atoms with van der Waals surface area (Å²) in [5, 5.41) is 21.2. The maximum Gasteiger partial charge on any atom is 0.357 e. The average molecular weight is 624 g/mol. The van der Waals surface area contributed by atoms with Crippen LogP contribution in [0.5, 0.6) is 0 Å². The van der Waals surface area contributed by atoms with Gasteiger partial charge in [0.2, 0.25) is 0 Å². The Kier molecular flexibility index (Phi) is 8.92. The van der Waals surface area contributed by atoms with Crippen molar-refractivity contribution in [3.8, 4) is 0 Å². The van der Waals surface area contributed by atoms with Crippen LogP contribution >= 0.6 is 23.5 Å². The summed E-state index contributed by atoms with van der Waals surface area (Å²) < 4.78 is 16.5. The monoisotopic (exact) mass is 623 g/mol. The molecular weight excluding hydrogens is 602 g/mol. The lowest BCUT2D eigenvalue weighted by atomic mass is 10.0. The van der Waals surface area contributed by atoms with Crippen LogP contribution in [0.2, 0.25) is 0 Å². The smallest absolute Gasteiger partial charge is 0.357 e. The Balaban J connectivity index is 1.22. The van der Waals surface area contributed by atoms with E-state index >= 15 is 0 Å². The normalized spacial score (nSPS) is 16.6. The van der Waals surface area contributed by atoms with Gasteiger partial charge in [0.05, 0.1) is 32.3 Å². The van der Waals surface area contributed by atoms with Gasteiger partial charge in [0.1, 0.15) is 24.3 Å². The molecule has 0 radical (unpaired) electrons. The number of nitrogens with zero attached hydrogens (tertiary/aromatic N) is 3. The largest absolute Gasteiger partial charge is 0.465 e. The van der Waals surface area contributed by atoms with Crippen LogP contribution in [0, 0.1) is 20.2 Å². The first-order valence-corrected chi connectivity index (χ1v) is 14.5. The van der Waals surface area contributed by atoms with Crippen molar-refractivity contribution >= 4 is 58.8 Å². The number of rotatable bonds is 12. The number of furan rings is 1. The van der Waals surface area contributed by atoms with Gasteiger partial charge in [0.15, 0.2) is 5.70 Å². The molecular formula is C28H21N3O10S2. The first kappa shape index (κ1) is 29.6. The van der Waals surface area contributed by atoms with Crippen molar-refractivity contribution in [1.29, 1.82) is 0 Å². The van der Waals surface area contributed by atoms with Gasteiger partial charge in [-0.2, -0.15) is 0 Å². The van der Waals surface area contributed by atoms with Crippen molar-refractivity contribution in [1.82, 2.24) is 4.90 Å². The van der Waals surface area contributed by atoms with Crippen LogP contribution in [0.1, 0.15) is 23.3 Å². The molecule has 0 saturated carbocycles. The number of fused-ring (bicyclic) bond motifs is 1. The number of nitro groups is 2. The Labute approximate surface area is 251 Å². The highest BCUT2D eigenvalue weighted by Gasteiger charge is 2.53.